The van der Waals surface area contributed by atoms with Gasteiger partial charge in [0.05, 0.1) is 33.6 Å². The first kappa shape index (κ1) is 20.0. The molecule has 1 aromatic carbocycles. The number of amides is 1. The highest BCUT2D eigenvalue weighted by atomic mass is 32.1. The molecule has 0 aliphatic heterocycles. The number of aliphatic hydroxyl groups excluding tert-OH is 1. The van der Waals surface area contributed by atoms with Crippen LogP contribution in [0.2, 0.25) is 0 Å². The van der Waals surface area contributed by atoms with Crippen molar-refractivity contribution < 1.29 is 9.90 Å². The van der Waals surface area contributed by atoms with Crippen molar-refractivity contribution in [2.75, 3.05) is 24.3 Å². The smallest absolute Gasteiger partial charge is 0.254 e. The van der Waals surface area contributed by atoms with Gasteiger partial charge in [0, 0.05) is 31.0 Å². The van der Waals surface area contributed by atoms with Crippen LogP contribution in [0.3, 0.4) is 0 Å². The predicted molar refractivity (Wildman–Crippen MR) is 114 cm³/mol. The maximum Gasteiger partial charge on any atom is 0.254 e. The monoisotopic (exact) mass is 399 g/mol. The molecule has 0 bridgehead atoms. The van der Waals surface area contributed by atoms with Gasteiger partial charge in [0.15, 0.2) is 0 Å². The molecule has 0 saturated heterocycles. The number of aliphatic hydroxyl groups is 1. The average molecular weight is 400 g/mol. The minimum Gasteiger partial charge on any atom is -0.394 e. The van der Waals surface area contributed by atoms with Gasteiger partial charge in [0.25, 0.3) is 5.91 Å². The quantitative estimate of drug-likeness (QED) is 0.462. The van der Waals surface area contributed by atoms with Crippen LogP contribution in [0.25, 0.3) is 10.2 Å². The Morgan fingerprint density at radius 1 is 1.25 bits per heavy atom. The van der Waals surface area contributed by atoms with Gasteiger partial charge < -0.3 is 21.1 Å². The standard InChI is InChI=1S/C20H25N5O2S/c1-12(2)6-14(10-26)24-17-8-19(22-9-15(17)20(27)21-3)25-13-4-5-16-18(7-13)28-11-23-16/h4-5,7-9,11-12,14,26H,6,10H2,1-3H3,(H,21,27)(H2,22,24,25)/t14-/m0/s1. The molecule has 1 atom stereocenters. The highest BCUT2D eigenvalue weighted by molar-refractivity contribution is 7.16. The summed E-state index contributed by atoms with van der Waals surface area (Å²) in [5, 5.41) is 18.9. The lowest BCUT2D eigenvalue weighted by atomic mass is 10.0. The summed E-state index contributed by atoms with van der Waals surface area (Å²) in [4.78, 5) is 20.9. The largest absolute Gasteiger partial charge is 0.394 e. The molecule has 0 fully saturated rings. The van der Waals surface area contributed by atoms with Gasteiger partial charge in [-0.25, -0.2) is 9.97 Å². The van der Waals surface area contributed by atoms with Crippen LogP contribution < -0.4 is 16.0 Å². The second-order valence-corrected chi connectivity index (χ2v) is 7.89. The first-order valence-electron chi connectivity index (χ1n) is 9.20. The number of fused-ring (bicyclic) bond motifs is 1. The normalized spacial score (nSPS) is 12.2. The summed E-state index contributed by atoms with van der Waals surface area (Å²) in [6, 6.07) is 7.57. The molecule has 0 spiro atoms. The molecule has 4 N–H and O–H groups in total. The maximum atomic E-state index is 12.2. The summed E-state index contributed by atoms with van der Waals surface area (Å²) in [5.74, 6) is 0.799. The molecule has 0 aliphatic carbocycles. The van der Waals surface area contributed by atoms with E-state index < -0.39 is 0 Å². The third kappa shape index (κ3) is 4.76. The molecule has 28 heavy (non-hydrogen) atoms. The van der Waals surface area contributed by atoms with E-state index in [1.165, 1.54) is 0 Å². The van der Waals surface area contributed by atoms with E-state index in [0.717, 1.165) is 22.3 Å². The summed E-state index contributed by atoms with van der Waals surface area (Å²) < 4.78 is 1.09. The van der Waals surface area contributed by atoms with Gasteiger partial charge in [-0.1, -0.05) is 13.8 Å². The van der Waals surface area contributed by atoms with Crippen LogP contribution in [0.4, 0.5) is 17.2 Å². The number of hydrogen-bond donors (Lipinski definition) is 4. The van der Waals surface area contributed by atoms with Gasteiger partial charge in [-0.3, -0.25) is 4.79 Å². The number of thiazole rings is 1. The van der Waals surface area contributed by atoms with Crippen LogP contribution in [0.15, 0.2) is 36.0 Å². The zero-order chi connectivity index (χ0) is 20.1. The Morgan fingerprint density at radius 2 is 2.07 bits per heavy atom. The lowest BCUT2D eigenvalue weighted by molar-refractivity contribution is 0.0963. The third-order valence-electron chi connectivity index (χ3n) is 4.32. The zero-order valence-electron chi connectivity index (χ0n) is 16.2. The first-order chi connectivity index (χ1) is 13.5. The molecule has 8 heteroatoms. The fraction of sp³-hybridized carbons (Fsp3) is 0.350. The molecule has 148 valence electrons. The number of nitrogens with one attached hydrogen (secondary N) is 3. The summed E-state index contributed by atoms with van der Waals surface area (Å²) in [7, 11) is 1.58. The predicted octanol–water partition coefficient (Wildman–Crippen LogP) is 3.61. The maximum absolute atomic E-state index is 12.2. The number of rotatable bonds is 8. The van der Waals surface area contributed by atoms with Crippen molar-refractivity contribution in [1.29, 1.82) is 0 Å². The van der Waals surface area contributed by atoms with E-state index in [0.29, 0.717) is 23.0 Å². The number of hydrogen-bond acceptors (Lipinski definition) is 7. The highest BCUT2D eigenvalue weighted by Crippen LogP contribution is 2.26. The van der Waals surface area contributed by atoms with Gasteiger partial charge >= 0.3 is 0 Å². The van der Waals surface area contributed by atoms with E-state index in [1.807, 2.05) is 23.7 Å². The molecular formula is C20H25N5O2S. The highest BCUT2D eigenvalue weighted by Gasteiger charge is 2.16. The fourth-order valence-corrected chi connectivity index (χ4v) is 3.72. The fourth-order valence-electron chi connectivity index (χ4n) is 3.01. The Bertz CT molecular complexity index is 957. The van der Waals surface area contributed by atoms with E-state index in [4.69, 9.17) is 0 Å². The van der Waals surface area contributed by atoms with E-state index in [-0.39, 0.29) is 18.6 Å². The molecule has 0 saturated carbocycles. The summed E-state index contributed by atoms with van der Waals surface area (Å²) in [5.41, 5.74) is 4.74. The van der Waals surface area contributed by atoms with E-state index in [9.17, 15) is 9.90 Å². The van der Waals surface area contributed by atoms with Crippen LogP contribution in [-0.2, 0) is 0 Å². The number of pyridine rings is 1. The minimum absolute atomic E-state index is 0.0154. The molecule has 3 aromatic rings. The van der Waals surface area contributed by atoms with Crippen LogP contribution >= 0.6 is 11.3 Å². The van der Waals surface area contributed by atoms with E-state index >= 15 is 0 Å². The van der Waals surface area contributed by atoms with Gasteiger partial charge in [0.1, 0.15) is 5.82 Å². The van der Waals surface area contributed by atoms with Gasteiger partial charge in [0.2, 0.25) is 0 Å². The second-order valence-electron chi connectivity index (χ2n) is 7.01. The van der Waals surface area contributed by atoms with Crippen molar-refractivity contribution in [3.05, 3.63) is 41.5 Å². The number of aromatic nitrogens is 2. The van der Waals surface area contributed by atoms with Gasteiger partial charge in [-0.05, 0) is 30.5 Å². The Morgan fingerprint density at radius 3 is 2.79 bits per heavy atom. The third-order valence-corrected chi connectivity index (χ3v) is 5.11. The number of carbonyl (C=O) groups is 1. The molecule has 3 rings (SSSR count). The topological polar surface area (TPSA) is 99.2 Å². The Balaban J connectivity index is 1.88. The molecule has 0 radical (unpaired) electrons. The Kier molecular flexibility index (Phi) is 6.43. The molecule has 7 nitrogen and oxygen atoms in total. The Hall–Kier alpha value is -2.71. The average Bonchev–Trinajstić information content (AvgIpc) is 3.14. The number of nitrogens with zero attached hydrogens (tertiary/aromatic N) is 2. The van der Waals surface area contributed by atoms with Crippen LogP contribution in [-0.4, -0.2) is 40.7 Å². The molecule has 0 unspecified atom stereocenters. The number of benzene rings is 1. The van der Waals surface area contributed by atoms with Crippen molar-refractivity contribution in [2.45, 2.75) is 26.3 Å². The van der Waals surface area contributed by atoms with E-state index in [1.54, 1.807) is 30.6 Å². The van der Waals surface area contributed by atoms with Crippen molar-refractivity contribution in [3.63, 3.8) is 0 Å². The summed E-state index contributed by atoms with van der Waals surface area (Å²) in [6.07, 6.45) is 2.33. The van der Waals surface area contributed by atoms with Crippen LogP contribution in [0.5, 0.6) is 0 Å². The van der Waals surface area contributed by atoms with Gasteiger partial charge in [-0.2, -0.15) is 0 Å². The molecule has 2 aromatic heterocycles. The van der Waals surface area contributed by atoms with Crippen molar-refractivity contribution in [3.8, 4) is 0 Å². The van der Waals surface area contributed by atoms with Crippen LogP contribution in [0.1, 0.15) is 30.6 Å². The molecule has 2 heterocycles. The molecule has 1 amide bonds. The SMILES string of the molecule is CNC(=O)c1cnc(Nc2ccc3ncsc3c2)cc1N[C@H](CO)CC(C)C. The van der Waals surface area contributed by atoms with Crippen LogP contribution in [0, 0.1) is 5.92 Å². The lowest BCUT2D eigenvalue weighted by Gasteiger charge is -2.21. The van der Waals surface area contributed by atoms with E-state index in [2.05, 4.69) is 39.8 Å². The first-order valence-corrected chi connectivity index (χ1v) is 10.1. The summed E-state index contributed by atoms with van der Waals surface area (Å²) in [6.45, 7) is 4.18. The van der Waals surface area contributed by atoms with Crippen molar-refractivity contribution in [1.82, 2.24) is 15.3 Å². The van der Waals surface area contributed by atoms with Crippen molar-refractivity contribution in [2.24, 2.45) is 5.92 Å². The Labute approximate surface area is 168 Å². The molecule has 0 aliphatic rings. The zero-order valence-corrected chi connectivity index (χ0v) is 17.0. The summed E-state index contributed by atoms with van der Waals surface area (Å²) >= 11 is 1.58. The minimum atomic E-state index is -0.228. The van der Waals surface area contributed by atoms with Gasteiger partial charge in [-0.15, -0.1) is 11.3 Å². The second kappa shape index (κ2) is 8.99. The number of anilines is 3. The molecular weight excluding hydrogens is 374 g/mol. The number of carbonyl (C=O) groups excluding carboxylic acids is 1. The van der Waals surface area contributed by atoms with Crippen molar-refractivity contribution >= 4 is 44.7 Å². The lowest BCUT2D eigenvalue weighted by Crippen LogP contribution is -2.28.